The molecule has 0 aromatic carbocycles. The van der Waals surface area contributed by atoms with E-state index in [2.05, 4.69) is 12.0 Å². The van der Waals surface area contributed by atoms with Crippen molar-refractivity contribution in [3.63, 3.8) is 0 Å². The number of nitrogens with zero attached hydrogens (tertiary/aromatic N) is 2. The molecule has 0 saturated heterocycles. The van der Waals surface area contributed by atoms with Gasteiger partial charge in [-0.05, 0) is 19.3 Å². The molecule has 18 heavy (non-hydrogen) atoms. The van der Waals surface area contributed by atoms with Gasteiger partial charge >= 0.3 is 0 Å². The van der Waals surface area contributed by atoms with Crippen LogP contribution in [0.1, 0.15) is 50.9 Å². The van der Waals surface area contributed by atoms with Crippen molar-refractivity contribution >= 4 is 17.4 Å². The number of hydrogen-bond donors (Lipinski definition) is 0. The fourth-order valence-electron chi connectivity index (χ4n) is 2.81. The number of aryl methyl sites for hydroxylation is 2. The Kier molecular flexibility index (Phi) is 3.81. The van der Waals surface area contributed by atoms with Crippen LogP contribution in [-0.4, -0.2) is 15.6 Å². The van der Waals surface area contributed by atoms with E-state index in [9.17, 15) is 4.79 Å². The number of hydrogen-bond acceptors (Lipinski definition) is 2. The summed E-state index contributed by atoms with van der Waals surface area (Å²) in [6.45, 7) is 4.12. The van der Waals surface area contributed by atoms with Crippen LogP contribution in [0.4, 0.5) is 0 Å². The van der Waals surface area contributed by atoms with Crippen LogP contribution < -0.4 is 0 Å². The third kappa shape index (κ3) is 2.33. The molecule has 0 unspecified atom stereocenters. The van der Waals surface area contributed by atoms with E-state index in [-0.39, 0.29) is 5.41 Å². The Morgan fingerprint density at radius 1 is 1.44 bits per heavy atom. The first-order valence-corrected chi connectivity index (χ1v) is 7.09. The number of aromatic nitrogens is 2. The van der Waals surface area contributed by atoms with Gasteiger partial charge in [0.05, 0.1) is 22.8 Å². The summed E-state index contributed by atoms with van der Waals surface area (Å²) < 4.78 is 1.76. The van der Waals surface area contributed by atoms with Gasteiger partial charge in [0.15, 0.2) is 0 Å². The quantitative estimate of drug-likeness (QED) is 0.840. The zero-order valence-electron chi connectivity index (χ0n) is 11.4. The van der Waals surface area contributed by atoms with Crippen molar-refractivity contribution in [3.8, 4) is 0 Å². The predicted molar refractivity (Wildman–Crippen MR) is 72.9 cm³/mol. The van der Waals surface area contributed by atoms with Gasteiger partial charge < -0.3 is 0 Å². The molecule has 1 aliphatic rings. The molecule has 4 heteroatoms. The summed E-state index contributed by atoms with van der Waals surface area (Å²) in [5, 5.41) is 5.04. The molecule has 1 aromatic heterocycles. The Labute approximate surface area is 114 Å². The smallest absolute Gasteiger partial charge is 0.144 e. The van der Waals surface area contributed by atoms with Crippen molar-refractivity contribution in [1.29, 1.82) is 0 Å². The SMILES string of the molecule is CCc1nn(C)c(CC(=O)C2(C)CCCC2)c1Cl. The molecule has 0 amide bonds. The molecule has 1 aliphatic carbocycles. The number of rotatable bonds is 4. The number of carbonyl (C=O) groups is 1. The second kappa shape index (κ2) is 5.04. The van der Waals surface area contributed by atoms with E-state index in [1.54, 1.807) is 4.68 Å². The minimum Gasteiger partial charge on any atom is -0.299 e. The topological polar surface area (TPSA) is 34.9 Å². The molecule has 0 radical (unpaired) electrons. The van der Waals surface area contributed by atoms with E-state index >= 15 is 0 Å². The molecule has 100 valence electrons. The van der Waals surface area contributed by atoms with Crippen LogP contribution in [0.5, 0.6) is 0 Å². The van der Waals surface area contributed by atoms with Gasteiger partial charge in [-0.3, -0.25) is 9.48 Å². The molecule has 1 saturated carbocycles. The van der Waals surface area contributed by atoms with E-state index in [0.29, 0.717) is 17.2 Å². The molecule has 1 heterocycles. The first kappa shape index (κ1) is 13.6. The number of ketones is 1. The zero-order chi connectivity index (χ0) is 13.3. The Hall–Kier alpha value is -0.830. The third-order valence-corrected chi connectivity index (χ3v) is 4.65. The maximum absolute atomic E-state index is 12.4. The first-order valence-electron chi connectivity index (χ1n) is 6.71. The van der Waals surface area contributed by atoms with Crippen LogP contribution in [0.3, 0.4) is 0 Å². The van der Waals surface area contributed by atoms with E-state index in [0.717, 1.165) is 30.7 Å². The maximum atomic E-state index is 12.4. The summed E-state index contributed by atoms with van der Waals surface area (Å²) in [5.74, 6) is 0.313. The van der Waals surface area contributed by atoms with E-state index in [1.165, 1.54) is 12.8 Å². The van der Waals surface area contributed by atoms with Crippen LogP contribution in [0.15, 0.2) is 0 Å². The highest BCUT2D eigenvalue weighted by Gasteiger charge is 2.36. The van der Waals surface area contributed by atoms with Crippen molar-refractivity contribution in [1.82, 2.24) is 9.78 Å². The normalized spacial score (nSPS) is 18.2. The van der Waals surface area contributed by atoms with Crippen molar-refractivity contribution in [2.45, 2.75) is 52.4 Å². The molecular weight excluding hydrogens is 248 g/mol. The molecule has 0 atom stereocenters. The van der Waals surface area contributed by atoms with Crippen molar-refractivity contribution in [3.05, 3.63) is 16.4 Å². The fourth-order valence-corrected chi connectivity index (χ4v) is 3.17. The summed E-state index contributed by atoms with van der Waals surface area (Å²) in [6, 6.07) is 0. The van der Waals surface area contributed by atoms with Crippen molar-refractivity contribution in [2.24, 2.45) is 12.5 Å². The Morgan fingerprint density at radius 3 is 2.56 bits per heavy atom. The van der Waals surface area contributed by atoms with Gasteiger partial charge in [-0.2, -0.15) is 5.10 Å². The van der Waals surface area contributed by atoms with E-state index in [1.807, 2.05) is 14.0 Å². The maximum Gasteiger partial charge on any atom is 0.144 e. The van der Waals surface area contributed by atoms with Crippen LogP contribution in [0.2, 0.25) is 5.02 Å². The zero-order valence-corrected chi connectivity index (χ0v) is 12.2. The highest BCUT2D eigenvalue weighted by Crippen LogP contribution is 2.39. The molecule has 0 aliphatic heterocycles. The van der Waals surface area contributed by atoms with Crippen LogP contribution >= 0.6 is 11.6 Å². The lowest BCUT2D eigenvalue weighted by molar-refractivity contribution is -0.127. The van der Waals surface area contributed by atoms with Gasteiger partial charge in [0.2, 0.25) is 0 Å². The average Bonchev–Trinajstić information content (AvgIpc) is 2.89. The summed E-state index contributed by atoms with van der Waals surface area (Å²) in [7, 11) is 1.87. The predicted octanol–water partition coefficient (Wildman–Crippen LogP) is 3.33. The van der Waals surface area contributed by atoms with Crippen LogP contribution in [0, 0.1) is 5.41 Å². The number of carbonyl (C=O) groups excluding carboxylic acids is 1. The monoisotopic (exact) mass is 268 g/mol. The van der Waals surface area contributed by atoms with E-state index < -0.39 is 0 Å². The lowest BCUT2D eigenvalue weighted by Gasteiger charge is -2.21. The number of halogens is 1. The van der Waals surface area contributed by atoms with Gasteiger partial charge in [0.1, 0.15) is 5.78 Å². The third-order valence-electron chi connectivity index (χ3n) is 4.21. The second-order valence-electron chi connectivity index (χ2n) is 5.55. The minimum atomic E-state index is -0.139. The molecule has 1 aromatic rings. The summed E-state index contributed by atoms with van der Waals surface area (Å²) in [5.41, 5.74) is 1.62. The summed E-state index contributed by atoms with van der Waals surface area (Å²) >= 11 is 6.29. The molecule has 2 rings (SSSR count). The largest absolute Gasteiger partial charge is 0.299 e. The number of Topliss-reactive ketones (excluding diaryl/α,β-unsaturated/α-hetero) is 1. The highest BCUT2D eigenvalue weighted by molar-refractivity contribution is 6.32. The molecule has 1 fully saturated rings. The lowest BCUT2D eigenvalue weighted by Crippen LogP contribution is -2.26. The standard InChI is InChI=1S/C14H21ClN2O/c1-4-10-13(15)11(17(3)16-10)9-12(18)14(2)7-5-6-8-14/h4-9H2,1-3H3. The van der Waals surface area contributed by atoms with Gasteiger partial charge in [-0.25, -0.2) is 0 Å². The van der Waals surface area contributed by atoms with Crippen molar-refractivity contribution in [2.75, 3.05) is 0 Å². The molecule has 0 spiro atoms. The molecular formula is C14H21ClN2O. The Morgan fingerprint density at radius 2 is 2.06 bits per heavy atom. The van der Waals surface area contributed by atoms with E-state index in [4.69, 9.17) is 11.6 Å². The van der Waals surface area contributed by atoms with Gasteiger partial charge in [0, 0.05) is 12.5 Å². The molecule has 0 N–H and O–H groups in total. The highest BCUT2D eigenvalue weighted by atomic mass is 35.5. The summed E-state index contributed by atoms with van der Waals surface area (Å²) in [6.07, 6.45) is 5.59. The first-order chi connectivity index (χ1) is 8.48. The van der Waals surface area contributed by atoms with Crippen LogP contribution in [-0.2, 0) is 24.7 Å². The second-order valence-corrected chi connectivity index (χ2v) is 5.93. The van der Waals surface area contributed by atoms with Gasteiger partial charge in [0.25, 0.3) is 0 Å². The Balaban J connectivity index is 2.19. The molecule has 0 bridgehead atoms. The van der Waals surface area contributed by atoms with Gasteiger partial charge in [-0.15, -0.1) is 0 Å². The molecule has 3 nitrogen and oxygen atoms in total. The van der Waals surface area contributed by atoms with Crippen LogP contribution in [0.25, 0.3) is 0 Å². The van der Waals surface area contributed by atoms with Gasteiger partial charge in [-0.1, -0.05) is 38.3 Å². The fraction of sp³-hybridized carbons (Fsp3) is 0.714. The summed E-state index contributed by atoms with van der Waals surface area (Å²) in [4.78, 5) is 12.4. The average molecular weight is 269 g/mol. The Bertz CT molecular complexity index is 459. The minimum absolute atomic E-state index is 0.139. The lowest BCUT2D eigenvalue weighted by atomic mass is 9.82. The van der Waals surface area contributed by atoms with Crippen molar-refractivity contribution < 1.29 is 4.79 Å².